The molecule has 1 N–H and O–H groups in total. The fourth-order valence-corrected chi connectivity index (χ4v) is 6.00. The van der Waals surface area contributed by atoms with Crippen LogP contribution in [0.25, 0.3) is 0 Å². The van der Waals surface area contributed by atoms with Gasteiger partial charge < -0.3 is 14.8 Å². The van der Waals surface area contributed by atoms with Gasteiger partial charge in [-0.05, 0) is 68.1 Å². The highest BCUT2D eigenvalue weighted by atomic mass is 19.1. The van der Waals surface area contributed by atoms with Crippen molar-refractivity contribution in [1.29, 1.82) is 0 Å². The molecular formula is C30H37FN3O4+. The predicted molar refractivity (Wildman–Crippen MR) is 142 cm³/mol. The van der Waals surface area contributed by atoms with E-state index in [1.165, 1.54) is 12.1 Å². The summed E-state index contributed by atoms with van der Waals surface area (Å²) in [5, 5.41) is 2.93. The first-order chi connectivity index (χ1) is 18.3. The number of amides is 2. The van der Waals surface area contributed by atoms with Crippen LogP contribution in [0.2, 0.25) is 0 Å². The maximum Gasteiger partial charge on any atom is 0.338 e. The summed E-state index contributed by atoms with van der Waals surface area (Å²) in [6.45, 7) is 11.6. The number of hydrogen-bond donors (Lipinski definition) is 1. The molecule has 38 heavy (non-hydrogen) atoms. The van der Waals surface area contributed by atoms with E-state index >= 15 is 0 Å². The van der Waals surface area contributed by atoms with Crippen LogP contribution in [-0.2, 0) is 9.53 Å². The molecule has 3 heterocycles. The minimum atomic E-state index is -0.409. The number of nitrogens with one attached hydrogen (secondary N) is 1. The van der Waals surface area contributed by atoms with Crippen LogP contribution in [0.3, 0.4) is 0 Å². The Bertz CT molecular complexity index is 1200. The van der Waals surface area contributed by atoms with Crippen molar-refractivity contribution in [3.05, 3.63) is 77.6 Å². The summed E-state index contributed by atoms with van der Waals surface area (Å²) in [6, 6.07) is 12.8. The molecule has 2 unspecified atom stereocenters. The summed E-state index contributed by atoms with van der Waals surface area (Å²) >= 11 is 0. The fourth-order valence-electron chi connectivity index (χ4n) is 6.00. The van der Waals surface area contributed by atoms with Crippen LogP contribution in [0.4, 0.5) is 4.39 Å². The molecule has 0 bridgehead atoms. The Labute approximate surface area is 223 Å². The second-order valence-corrected chi connectivity index (χ2v) is 10.7. The van der Waals surface area contributed by atoms with Crippen LogP contribution >= 0.6 is 0 Å². The predicted octanol–water partition coefficient (Wildman–Crippen LogP) is 3.78. The van der Waals surface area contributed by atoms with Crippen LogP contribution in [0.1, 0.15) is 47.4 Å². The molecule has 2 aromatic carbocycles. The molecule has 3 saturated heterocycles. The smallest absolute Gasteiger partial charge is 0.338 e. The van der Waals surface area contributed by atoms with Crippen LogP contribution in [0, 0.1) is 12.7 Å². The van der Waals surface area contributed by atoms with Gasteiger partial charge in [-0.25, -0.2) is 13.7 Å². The van der Waals surface area contributed by atoms with Crippen molar-refractivity contribution in [1.82, 2.24) is 10.2 Å². The molecule has 0 spiro atoms. The van der Waals surface area contributed by atoms with Crippen molar-refractivity contribution >= 4 is 11.8 Å². The molecule has 202 valence electrons. The number of carbonyl (C=O) groups is 2. The molecule has 2 aromatic rings. The zero-order valence-electron chi connectivity index (χ0n) is 22.2. The Morgan fingerprint density at radius 2 is 2.08 bits per heavy atom. The molecule has 8 heteroatoms. The van der Waals surface area contributed by atoms with Crippen LogP contribution < -0.4 is 10.1 Å². The van der Waals surface area contributed by atoms with Crippen molar-refractivity contribution in [2.75, 3.05) is 39.3 Å². The lowest BCUT2D eigenvalue weighted by Crippen LogP contribution is -2.50. The molecule has 3 aliphatic rings. The molecule has 3 aliphatic heterocycles. The standard InChI is InChI=1S/C30H36FN3O4/c1-4-29(35)34-14-13-33(18-27(34)21(34)3)19-28(23-8-7-20(2)26(31)16-23)38-24-11-9-22(10-12-24)30(36)32-17-25-6-5-15-37-25/h4,7-12,16,21,25,27-28H,1,5-6,13-15,17-19H2,2-3H3/p+1/t21-,25+,27?,28-,34?/m1/s1. The monoisotopic (exact) mass is 522 g/mol. The third-order valence-corrected chi connectivity index (χ3v) is 8.50. The molecular weight excluding hydrogens is 485 g/mol. The van der Waals surface area contributed by atoms with E-state index in [1.54, 1.807) is 37.3 Å². The molecule has 0 aliphatic carbocycles. The summed E-state index contributed by atoms with van der Waals surface area (Å²) in [7, 11) is 0. The average molecular weight is 523 g/mol. The van der Waals surface area contributed by atoms with E-state index in [4.69, 9.17) is 9.47 Å². The number of rotatable bonds is 9. The maximum absolute atomic E-state index is 14.5. The topological polar surface area (TPSA) is 67.9 Å². The number of hydrogen-bond acceptors (Lipinski definition) is 5. The van der Waals surface area contributed by atoms with E-state index in [9.17, 15) is 14.0 Å². The van der Waals surface area contributed by atoms with Gasteiger partial charge in [-0.2, -0.15) is 0 Å². The van der Waals surface area contributed by atoms with E-state index in [1.807, 2.05) is 6.07 Å². The normalized spacial score (nSPS) is 27.3. The fraction of sp³-hybridized carbons (Fsp3) is 0.467. The number of piperazine rings is 1. The van der Waals surface area contributed by atoms with Crippen LogP contribution in [0.5, 0.6) is 5.75 Å². The van der Waals surface area contributed by atoms with Crippen LogP contribution in [-0.4, -0.2) is 78.7 Å². The van der Waals surface area contributed by atoms with Gasteiger partial charge in [0, 0.05) is 37.9 Å². The van der Waals surface area contributed by atoms with Crippen LogP contribution in [0.15, 0.2) is 55.1 Å². The summed E-state index contributed by atoms with van der Waals surface area (Å²) in [5.74, 6) is 0.286. The second kappa shape index (κ2) is 11.0. The number of carbonyl (C=O) groups excluding carboxylic acids is 2. The largest absolute Gasteiger partial charge is 0.484 e. The van der Waals surface area contributed by atoms with Gasteiger partial charge in [0.05, 0.1) is 19.2 Å². The first kappa shape index (κ1) is 26.5. The highest BCUT2D eigenvalue weighted by molar-refractivity contribution is 5.94. The number of quaternary nitrogens is 1. The van der Waals surface area contributed by atoms with E-state index in [0.29, 0.717) is 34.4 Å². The Balaban J connectivity index is 1.26. The maximum atomic E-state index is 14.5. The van der Waals surface area contributed by atoms with E-state index in [-0.39, 0.29) is 35.8 Å². The Hall–Kier alpha value is -3.07. The Morgan fingerprint density at radius 1 is 1.29 bits per heavy atom. The van der Waals surface area contributed by atoms with E-state index in [0.717, 1.165) is 44.6 Å². The van der Waals surface area contributed by atoms with Gasteiger partial charge in [0.1, 0.15) is 23.7 Å². The highest BCUT2D eigenvalue weighted by Gasteiger charge is 2.69. The van der Waals surface area contributed by atoms with Crippen molar-refractivity contribution in [3.63, 3.8) is 0 Å². The first-order valence-electron chi connectivity index (χ1n) is 13.5. The van der Waals surface area contributed by atoms with Gasteiger partial charge in [-0.1, -0.05) is 18.7 Å². The molecule has 5 rings (SSSR count). The lowest BCUT2D eigenvalue weighted by Gasteiger charge is -2.32. The van der Waals surface area contributed by atoms with Gasteiger partial charge in [0.25, 0.3) is 5.91 Å². The molecule has 5 atom stereocenters. The zero-order valence-corrected chi connectivity index (χ0v) is 22.2. The van der Waals surface area contributed by atoms with Crippen molar-refractivity contribution in [3.8, 4) is 5.75 Å². The summed E-state index contributed by atoms with van der Waals surface area (Å²) in [4.78, 5) is 27.4. The van der Waals surface area contributed by atoms with Gasteiger partial charge in [-0.3, -0.25) is 9.69 Å². The minimum absolute atomic E-state index is 0.0875. The molecule has 0 aromatic heterocycles. The number of ether oxygens (including phenoxy) is 2. The second-order valence-electron chi connectivity index (χ2n) is 10.7. The zero-order chi connectivity index (χ0) is 26.9. The summed E-state index contributed by atoms with van der Waals surface area (Å²) in [5.41, 5.74) is 1.89. The summed E-state index contributed by atoms with van der Waals surface area (Å²) in [6.07, 6.45) is 3.12. The number of aryl methyl sites for hydroxylation is 1. The van der Waals surface area contributed by atoms with Gasteiger partial charge in [-0.15, -0.1) is 0 Å². The van der Waals surface area contributed by atoms with Crippen molar-refractivity contribution < 1.29 is 27.9 Å². The minimum Gasteiger partial charge on any atom is -0.484 e. The highest BCUT2D eigenvalue weighted by Crippen LogP contribution is 2.43. The number of benzene rings is 2. The van der Waals surface area contributed by atoms with E-state index < -0.39 is 6.10 Å². The number of halogens is 1. The SMILES string of the molecule is C=CC(=O)[N+]12CCN(C[C@@H](Oc3ccc(C(=O)NC[C@@H]4CCCO4)cc3)c3ccc(C)c(F)c3)CC1[C@H]2C. The van der Waals surface area contributed by atoms with E-state index in [2.05, 4.69) is 23.7 Å². The van der Waals surface area contributed by atoms with Crippen molar-refractivity contribution in [2.45, 2.75) is 51.0 Å². The van der Waals surface area contributed by atoms with Gasteiger partial charge in [0.15, 0.2) is 6.04 Å². The van der Waals surface area contributed by atoms with Gasteiger partial charge >= 0.3 is 5.91 Å². The third kappa shape index (κ3) is 5.25. The van der Waals surface area contributed by atoms with Gasteiger partial charge in [0.2, 0.25) is 0 Å². The summed E-state index contributed by atoms with van der Waals surface area (Å²) < 4.78 is 27.0. The number of fused-ring (bicyclic) bond motifs is 1. The average Bonchev–Trinajstić information content (AvgIpc) is 3.25. The lowest BCUT2D eigenvalue weighted by atomic mass is 10.1. The van der Waals surface area contributed by atoms with Crippen molar-refractivity contribution in [2.24, 2.45) is 0 Å². The molecule has 0 saturated carbocycles. The quantitative estimate of drug-likeness (QED) is 0.309. The Morgan fingerprint density at radius 3 is 2.74 bits per heavy atom. The lowest BCUT2D eigenvalue weighted by molar-refractivity contribution is -0.749. The first-order valence-corrected chi connectivity index (χ1v) is 13.5. The third-order valence-electron chi connectivity index (χ3n) is 8.50. The molecule has 7 nitrogen and oxygen atoms in total. The molecule has 2 amide bonds. The number of nitrogens with zero attached hydrogens (tertiary/aromatic N) is 2. The molecule has 3 fully saturated rings. The molecule has 0 radical (unpaired) electrons. The Kier molecular flexibility index (Phi) is 7.66.